The molecule has 0 saturated heterocycles. The molecule has 0 bridgehead atoms. The summed E-state index contributed by atoms with van der Waals surface area (Å²) in [4.78, 5) is 65.7. The van der Waals surface area contributed by atoms with Crippen LogP contribution < -0.4 is 27.0 Å². The number of aliphatic carboxylic acids is 1. The molecule has 0 saturated carbocycles. The molecule has 0 aliphatic carbocycles. The van der Waals surface area contributed by atoms with Crippen molar-refractivity contribution >= 4 is 73.0 Å². The van der Waals surface area contributed by atoms with Gasteiger partial charge in [-0.15, -0.1) is 0 Å². The summed E-state index contributed by atoms with van der Waals surface area (Å²) in [7, 11) is -6.64. The SMILES string of the molecule is C.COC(=O)CCOC#N.Cc1cnccc1-c1cccc([C@H](C)N(CCCC(=O)NCCN)S(=O)(=O)c2cccc(Cl)c2C)c1.Cc1cnccc1-c1cccc([C@H](C)N(CCCC(=O)NCCNC(=O)NCCC(=O)O)S(=O)(=O)c2cccc(Cl)c2C)c1. The largest absolute Gasteiger partial charge is 0.481 e. The summed E-state index contributed by atoms with van der Waals surface area (Å²) in [5.41, 5.74) is 14.0. The van der Waals surface area contributed by atoms with E-state index in [0.717, 1.165) is 44.5 Å². The number of esters is 1. The Kier molecular flexibility index (Phi) is 32.6. The van der Waals surface area contributed by atoms with Crippen LogP contribution >= 0.6 is 23.2 Å². The van der Waals surface area contributed by atoms with Crippen molar-refractivity contribution in [1.29, 1.82) is 5.26 Å². The number of pyridine rings is 2. The number of methoxy groups -OCH3 is 1. The van der Waals surface area contributed by atoms with Gasteiger partial charge in [0.15, 0.2) is 0 Å². The van der Waals surface area contributed by atoms with Crippen LogP contribution in [0.25, 0.3) is 22.3 Å². The van der Waals surface area contributed by atoms with E-state index >= 15 is 0 Å². The summed E-state index contributed by atoms with van der Waals surface area (Å²) >= 11 is 12.6. The Morgan fingerprint density at radius 2 is 1.07 bits per heavy atom. The number of carboxylic acids is 1. The first-order chi connectivity index (χ1) is 42.4. The van der Waals surface area contributed by atoms with Crippen molar-refractivity contribution in [2.45, 2.75) is 109 Å². The van der Waals surface area contributed by atoms with Gasteiger partial charge in [-0.3, -0.25) is 29.1 Å². The average molecular weight is 1320 g/mol. The lowest BCUT2D eigenvalue weighted by molar-refractivity contribution is -0.141. The maximum Gasteiger partial charge on any atom is 0.314 e. The molecule has 0 aliphatic rings. The third kappa shape index (κ3) is 23.4. The highest BCUT2D eigenvalue weighted by Crippen LogP contribution is 2.36. The van der Waals surface area contributed by atoms with Crippen molar-refractivity contribution < 1.29 is 55.4 Å². The lowest BCUT2D eigenvalue weighted by Gasteiger charge is -2.30. The summed E-state index contributed by atoms with van der Waals surface area (Å²) in [6.07, 6.45) is 9.30. The van der Waals surface area contributed by atoms with Crippen molar-refractivity contribution in [3.8, 4) is 28.5 Å². The Morgan fingerprint density at radius 1 is 0.633 bits per heavy atom. The Labute approximate surface area is 539 Å². The quantitative estimate of drug-likeness (QED) is 0.0144. The molecule has 2 heterocycles. The van der Waals surface area contributed by atoms with Crippen molar-refractivity contribution in [3.05, 3.63) is 165 Å². The standard InChI is InChI=1S/C31H38ClN5O6S.C27H33ClN4O3S.C5H7NO3.CH4/c1-21-20-33-14-12-26(21)25-8-4-7-24(19-25)23(3)37(44(42,43)28-10-5-9-27(32)22(28)2)18-6-11-29(38)34-16-17-36-31(41)35-15-13-30(39)40;1-19-18-30-14-12-24(19)23-8-4-7-22(17-23)21(3)32(16-6-11-27(33)31-15-13-29)36(34,35)26-10-5-9-25(28)20(26)2;1-8-5(7)2-3-9-4-6;/h4-5,7-10,12,14,19-20,23H,6,11,13,15-18H2,1-3H3,(H,34,38)(H,39,40)(H2,35,36,41);4-5,7-10,12,14,17-18,21H,6,11,13,15-16,29H2,1-3H3,(H,31,33);2-3H2,1H3;1H4/t23-;21-;;/m00../s1. The molecule has 0 spiro atoms. The predicted octanol–water partition coefficient (Wildman–Crippen LogP) is 9.75. The fourth-order valence-electron chi connectivity index (χ4n) is 9.07. The van der Waals surface area contributed by atoms with Gasteiger partial charge < -0.3 is 41.6 Å². The van der Waals surface area contributed by atoms with E-state index in [-0.39, 0.29) is 106 Å². The molecule has 4 aromatic carbocycles. The summed E-state index contributed by atoms with van der Waals surface area (Å²) in [5.74, 6) is -1.84. The Morgan fingerprint density at radius 3 is 1.49 bits per heavy atom. The van der Waals surface area contributed by atoms with Crippen LogP contribution in [-0.2, 0) is 48.7 Å². The molecule has 7 N–H and O–H groups in total. The van der Waals surface area contributed by atoms with E-state index in [9.17, 15) is 40.8 Å². The zero-order valence-corrected chi connectivity index (χ0v) is 54.1. The molecule has 4 amide bonds. The summed E-state index contributed by atoms with van der Waals surface area (Å²) in [5, 5.41) is 27.5. The third-order valence-electron chi connectivity index (χ3n) is 14.0. The number of aryl methyl sites for hydroxylation is 2. The summed E-state index contributed by atoms with van der Waals surface area (Å²) in [6.45, 7) is 12.4. The van der Waals surface area contributed by atoms with Crippen LogP contribution in [0.15, 0.2) is 132 Å². The molecule has 6 rings (SSSR count). The second-order valence-corrected chi connectivity index (χ2v) is 24.8. The third-order valence-corrected chi connectivity index (χ3v) is 19.0. The van der Waals surface area contributed by atoms with E-state index in [2.05, 4.69) is 40.7 Å². The number of sulfonamides is 2. The monoisotopic (exact) mass is 1320 g/mol. The lowest BCUT2D eigenvalue weighted by atomic mass is 9.98. The van der Waals surface area contributed by atoms with Gasteiger partial charge in [0.25, 0.3) is 6.26 Å². The van der Waals surface area contributed by atoms with Gasteiger partial charge in [0.1, 0.15) is 6.61 Å². The molecule has 6 aromatic rings. The molecule has 2 aromatic heterocycles. The van der Waals surface area contributed by atoms with Crippen LogP contribution in [0, 0.1) is 39.2 Å². The van der Waals surface area contributed by atoms with Crippen LogP contribution in [0.5, 0.6) is 0 Å². The predicted molar refractivity (Wildman–Crippen MR) is 348 cm³/mol. The normalized spacial score (nSPS) is 11.6. The number of halogens is 2. The highest BCUT2D eigenvalue weighted by atomic mass is 35.5. The summed E-state index contributed by atoms with van der Waals surface area (Å²) in [6, 6.07) is 27.5. The van der Waals surface area contributed by atoms with Gasteiger partial charge in [-0.05, 0) is 159 Å². The van der Waals surface area contributed by atoms with Crippen LogP contribution in [0.4, 0.5) is 4.79 Å². The number of carboxylic acid groups (broad SMARTS) is 1. The van der Waals surface area contributed by atoms with E-state index in [4.69, 9.17) is 39.3 Å². The number of nitrogens with zero attached hydrogens (tertiary/aromatic N) is 5. The van der Waals surface area contributed by atoms with E-state index in [1.165, 1.54) is 28.0 Å². The topological polar surface area (TPSA) is 323 Å². The minimum absolute atomic E-state index is 0. The number of nitrogens with one attached hydrogen (secondary N) is 4. The second-order valence-electron chi connectivity index (χ2n) is 20.2. The van der Waals surface area contributed by atoms with Crippen LogP contribution in [0.3, 0.4) is 0 Å². The molecule has 0 radical (unpaired) electrons. The molecule has 486 valence electrons. The molecule has 26 heteroatoms. The van der Waals surface area contributed by atoms with E-state index in [0.29, 0.717) is 40.7 Å². The van der Waals surface area contributed by atoms with Gasteiger partial charge in [0, 0.05) is 106 Å². The first-order valence-corrected chi connectivity index (χ1v) is 32.1. The fourth-order valence-corrected chi connectivity index (χ4v) is 13.4. The molecule has 0 aliphatic heterocycles. The number of aromatic nitrogens is 2. The first kappa shape index (κ1) is 76.2. The Balaban J connectivity index is 0.000000415. The van der Waals surface area contributed by atoms with Gasteiger partial charge in [-0.25, -0.2) is 21.6 Å². The number of carbonyl (C=O) groups is 5. The van der Waals surface area contributed by atoms with Crippen molar-refractivity contribution in [2.75, 3.05) is 59.5 Å². The number of hydrogen-bond donors (Lipinski definition) is 6. The molecule has 22 nitrogen and oxygen atoms in total. The molecular formula is C64H82Cl2N10O12S2. The fraction of sp³-hybridized carbons (Fsp3) is 0.375. The zero-order chi connectivity index (χ0) is 65.7. The molecule has 0 unspecified atom stereocenters. The first-order valence-electron chi connectivity index (χ1n) is 28.5. The van der Waals surface area contributed by atoms with E-state index in [1.54, 1.807) is 69.0 Å². The highest BCUT2D eigenvalue weighted by Gasteiger charge is 2.33. The molecular weight excluding hydrogens is 1240 g/mol. The number of amides is 4. The molecule has 2 atom stereocenters. The number of nitrogens with two attached hydrogens (primary N) is 1. The molecule has 0 fully saturated rings. The van der Waals surface area contributed by atoms with Gasteiger partial charge in [0.05, 0.1) is 29.7 Å². The van der Waals surface area contributed by atoms with E-state index in [1.807, 2.05) is 88.4 Å². The zero-order valence-electron chi connectivity index (χ0n) is 50.9. The number of hydrogen-bond acceptors (Lipinski definition) is 15. The Bertz CT molecular complexity index is 3630. The van der Waals surface area contributed by atoms with Gasteiger partial charge in [-0.1, -0.05) is 79.2 Å². The highest BCUT2D eigenvalue weighted by molar-refractivity contribution is 7.89. The van der Waals surface area contributed by atoms with Crippen LogP contribution in [-0.4, -0.2) is 130 Å². The second kappa shape index (κ2) is 38.5. The van der Waals surface area contributed by atoms with Crippen LogP contribution in [0.2, 0.25) is 10.0 Å². The number of carbonyl (C=O) groups excluding carboxylic acids is 4. The minimum Gasteiger partial charge on any atom is -0.481 e. The smallest absolute Gasteiger partial charge is 0.314 e. The number of urea groups is 1. The van der Waals surface area contributed by atoms with Crippen LogP contribution in [0.1, 0.15) is 105 Å². The number of nitriles is 1. The lowest BCUT2D eigenvalue weighted by Crippen LogP contribution is -2.41. The number of ether oxygens (including phenoxy) is 2. The van der Waals surface area contributed by atoms with E-state index < -0.39 is 44.1 Å². The maximum absolute atomic E-state index is 14.1. The average Bonchev–Trinajstić information content (AvgIpc) is 0.845. The van der Waals surface area contributed by atoms with Crippen molar-refractivity contribution in [3.63, 3.8) is 0 Å². The summed E-state index contributed by atoms with van der Waals surface area (Å²) < 4.78 is 67.3. The van der Waals surface area contributed by atoms with Gasteiger partial charge in [-0.2, -0.15) is 13.9 Å². The number of rotatable bonds is 29. The minimum atomic E-state index is -4.01. The number of benzene rings is 4. The maximum atomic E-state index is 14.1. The van der Waals surface area contributed by atoms with Crippen molar-refractivity contribution in [1.82, 2.24) is 39.8 Å². The Hall–Kier alpha value is -8.02. The van der Waals surface area contributed by atoms with Crippen molar-refractivity contribution in [2.24, 2.45) is 5.73 Å². The molecule has 90 heavy (non-hydrogen) atoms. The van der Waals surface area contributed by atoms with Gasteiger partial charge >= 0.3 is 18.0 Å². The van der Waals surface area contributed by atoms with Gasteiger partial charge in [0.2, 0.25) is 31.9 Å².